The highest BCUT2D eigenvalue weighted by molar-refractivity contribution is 6.30. The Bertz CT molecular complexity index is 1010. The molecule has 0 bridgehead atoms. The zero-order chi connectivity index (χ0) is 26.9. The largest absolute Gasteiger partial charge is 0.490 e. The van der Waals surface area contributed by atoms with E-state index >= 15 is 0 Å². The van der Waals surface area contributed by atoms with Gasteiger partial charge in [0.15, 0.2) is 0 Å². The number of carboxylic acid groups (broad SMARTS) is 2. The summed E-state index contributed by atoms with van der Waals surface area (Å²) >= 11 is 5.89. The van der Waals surface area contributed by atoms with Crippen LogP contribution in [0.25, 0.3) is 0 Å². The van der Waals surface area contributed by atoms with Gasteiger partial charge in [0.2, 0.25) is 0 Å². The minimum absolute atomic E-state index is 0.129. The number of amides is 1. The van der Waals surface area contributed by atoms with Crippen LogP contribution in [0.4, 0.5) is 24.5 Å². The van der Waals surface area contributed by atoms with Gasteiger partial charge in [0.25, 0.3) is 5.91 Å². The smallest absolute Gasteiger partial charge is 0.478 e. The van der Waals surface area contributed by atoms with Crippen molar-refractivity contribution in [2.75, 3.05) is 23.3 Å². The predicted octanol–water partition coefficient (Wildman–Crippen LogP) is 6.04. The van der Waals surface area contributed by atoms with Crippen molar-refractivity contribution < 1.29 is 37.8 Å². The second kappa shape index (κ2) is 13.0. The Morgan fingerprint density at radius 1 is 0.914 bits per heavy atom. The van der Waals surface area contributed by atoms with E-state index in [9.17, 15) is 27.9 Å². The molecule has 0 heterocycles. The number of rotatable bonds is 8. The van der Waals surface area contributed by atoms with Crippen molar-refractivity contribution in [2.24, 2.45) is 11.8 Å². The van der Waals surface area contributed by atoms with Gasteiger partial charge in [0, 0.05) is 23.7 Å². The molecule has 3 N–H and O–H groups in total. The number of anilines is 2. The summed E-state index contributed by atoms with van der Waals surface area (Å²) in [7, 11) is 0. The Kier molecular flexibility index (Phi) is 11.0. The second-order valence-electron chi connectivity index (χ2n) is 8.49. The van der Waals surface area contributed by atoms with Gasteiger partial charge in [-0.2, -0.15) is 13.2 Å². The first-order valence-electron chi connectivity index (χ1n) is 10.6. The fourth-order valence-electron chi connectivity index (χ4n) is 2.99. The van der Waals surface area contributed by atoms with Crippen molar-refractivity contribution in [3.8, 4) is 0 Å². The third-order valence-electron chi connectivity index (χ3n) is 4.35. The Morgan fingerprint density at radius 3 is 1.77 bits per heavy atom. The third-order valence-corrected chi connectivity index (χ3v) is 4.60. The summed E-state index contributed by atoms with van der Waals surface area (Å²) in [5, 5.41) is 19.9. The Morgan fingerprint density at radius 2 is 1.37 bits per heavy atom. The predicted molar refractivity (Wildman–Crippen MR) is 128 cm³/mol. The molecular formula is C24H28ClF3N2O5. The van der Waals surface area contributed by atoms with E-state index in [0.29, 0.717) is 28.1 Å². The molecule has 2 aromatic rings. The topological polar surface area (TPSA) is 107 Å². The summed E-state index contributed by atoms with van der Waals surface area (Å²) in [4.78, 5) is 35.2. The number of halogens is 4. The van der Waals surface area contributed by atoms with Gasteiger partial charge in [0.1, 0.15) is 0 Å². The summed E-state index contributed by atoms with van der Waals surface area (Å²) < 4.78 is 31.7. The number of alkyl halides is 3. The molecule has 0 radical (unpaired) electrons. The van der Waals surface area contributed by atoms with Gasteiger partial charge in [0.05, 0.1) is 16.9 Å². The van der Waals surface area contributed by atoms with Gasteiger partial charge in [-0.15, -0.1) is 0 Å². The monoisotopic (exact) mass is 516 g/mol. The highest BCUT2D eigenvalue weighted by Crippen LogP contribution is 2.30. The number of carboxylic acids is 2. The molecule has 0 unspecified atom stereocenters. The van der Waals surface area contributed by atoms with Crippen LogP contribution in [0.5, 0.6) is 0 Å². The quantitative estimate of drug-likeness (QED) is 0.395. The fourth-order valence-corrected chi connectivity index (χ4v) is 3.12. The summed E-state index contributed by atoms with van der Waals surface area (Å²) in [6.07, 6.45) is -5.08. The maximum atomic E-state index is 12.7. The molecule has 0 aromatic heterocycles. The molecule has 0 saturated heterocycles. The molecule has 1 amide bonds. The first-order chi connectivity index (χ1) is 16.1. The van der Waals surface area contributed by atoms with Crippen LogP contribution in [-0.4, -0.2) is 47.3 Å². The van der Waals surface area contributed by atoms with E-state index in [-0.39, 0.29) is 11.5 Å². The van der Waals surface area contributed by atoms with E-state index in [0.717, 1.165) is 18.8 Å². The van der Waals surface area contributed by atoms with E-state index in [1.54, 1.807) is 36.4 Å². The van der Waals surface area contributed by atoms with Crippen LogP contribution in [0.1, 0.15) is 48.4 Å². The summed E-state index contributed by atoms with van der Waals surface area (Å²) in [5.41, 5.74) is 1.88. The van der Waals surface area contributed by atoms with Gasteiger partial charge >= 0.3 is 18.1 Å². The first-order valence-corrected chi connectivity index (χ1v) is 11.0. The molecule has 35 heavy (non-hydrogen) atoms. The lowest BCUT2D eigenvalue weighted by Crippen LogP contribution is -2.32. The van der Waals surface area contributed by atoms with Gasteiger partial charge in [-0.05, 0) is 54.3 Å². The molecule has 0 aliphatic rings. The lowest BCUT2D eigenvalue weighted by molar-refractivity contribution is -0.192. The van der Waals surface area contributed by atoms with Crippen LogP contribution >= 0.6 is 11.6 Å². The number of hydrogen-bond acceptors (Lipinski definition) is 4. The van der Waals surface area contributed by atoms with E-state index < -0.39 is 18.1 Å². The highest BCUT2D eigenvalue weighted by atomic mass is 35.5. The molecular weight excluding hydrogens is 489 g/mol. The Hall–Kier alpha value is -3.27. The van der Waals surface area contributed by atoms with Crippen LogP contribution < -0.4 is 10.2 Å². The van der Waals surface area contributed by atoms with Crippen molar-refractivity contribution >= 4 is 40.8 Å². The molecule has 0 aliphatic carbocycles. The number of nitrogens with zero attached hydrogens (tertiary/aromatic N) is 1. The number of nitrogens with one attached hydrogen (secondary N) is 1. The minimum atomic E-state index is -5.08. The van der Waals surface area contributed by atoms with E-state index in [1.165, 1.54) is 6.07 Å². The SMILES string of the molecule is CC(C)CN(CC(C)C)c1ccc(C(=O)O)cc1NC(=O)c1ccc(Cl)cc1.O=C(O)C(F)(F)F. The highest BCUT2D eigenvalue weighted by Gasteiger charge is 2.38. The Labute approximate surface area is 206 Å². The lowest BCUT2D eigenvalue weighted by Gasteiger charge is -2.30. The average Bonchev–Trinajstić information content (AvgIpc) is 2.72. The van der Waals surface area contributed by atoms with Crippen LogP contribution in [0, 0.1) is 11.8 Å². The lowest BCUT2D eigenvalue weighted by atomic mass is 10.1. The maximum absolute atomic E-state index is 12.7. The summed E-state index contributed by atoms with van der Waals surface area (Å²) in [6.45, 7) is 10.1. The molecule has 2 aromatic carbocycles. The first kappa shape index (κ1) is 29.8. The van der Waals surface area contributed by atoms with Gasteiger partial charge < -0.3 is 20.4 Å². The van der Waals surface area contributed by atoms with Crippen LogP contribution in [-0.2, 0) is 4.79 Å². The van der Waals surface area contributed by atoms with Gasteiger partial charge in [-0.25, -0.2) is 9.59 Å². The van der Waals surface area contributed by atoms with E-state index in [4.69, 9.17) is 21.5 Å². The molecule has 0 atom stereocenters. The van der Waals surface area contributed by atoms with Gasteiger partial charge in [-0.3, -0.25) is 4.79 Å². The Balaban J connectivity index is 0.000000762. The number of hydrogen-bond donors (Lipinski definition) is 3. The van der Waals surface area contributed by atoms with Crippen molar-refractivity contribution in [2.45, 2.75) is 33.9 Å². The molecule has 0 spiro atoms. The van der Waals surface area contributed by atoms with Crippen molar-refractivity contribution in [3.63, 3.8) is 0 Å². The summed E-state index contributed by atoms with van der Waals surface area (Å²) in [6, 6.07) is 11.4. The second-order valence-corrected chi connectivity index (χ2v) is 8.93. The number of carbonyl (C=O) groups excluding carboxylic acids is 1. The fraction of sp³-hybridized carbons (Fsp3) is 0.375. The molecule has 192 valence electrons. The van der Waals surface area contributed by atoms with E-state index in [2.05, 4.69) is 37.9 Å². The molecule has 0 saturated carbocycles. The van der Waals surface area contributed by atoms with Gasteiger partial charge in [-0.1, -0.05) is 39.3 Å². The zero-order valence-corrected chi connectivity index (χ0v) is 20.4. The molecule has 7 nitrogen and oxygen atoms in total. The van der Waals surface area contributed by atoms with Crippen LogP contribution in [0.2, 0.25) is 5.02 Å². The number of carbonyl (C=O) groups is 3. The molecule has 0 fully saturated rings. The van der Waals surface area contributed by atoms with Crippen molar-refractivity contribution in [3.05, 3.63) is 58.6 Å². The minimum Gasteiger partial charge on any atom is -0.478 e. The van der Waals surface area contributed by atoms with Crippen molar-refractivity contribution in [1.82, 2.24) is 0 Å². The molecule has 11 heteroatoms. The maximum Gasteiger partial charge on any atom is 0.490 e. The third kappa shape index (κ3) is 10.3. The number of aromatic carboxylic acids is 1. The van der Waals surface area contributed by atoms with Crippen LogP contribution in [0.15, 0.2) is 42.5 Å². The molecule has 0 aliphatic heterocycles. The van der Waals surface area contributed by atoms with Crippen molar-refractivity contribution in [1.29, 1.82) is 0 Å². The van der Waals surface area contributed by atoms with Crippen LogP contribution in [0.3, 0.4) is 0 Å². The zero-order valence-electron chi connectivity index (χ0n) is 19.7. The average molecular weight is 517 g/mol. The standard InChI is InChI=1S/C22H27ClN2O3.C2HF3O2/c1-14(2)12-25(13-15(3)4)20-10-7-17(22(27)28)11-19(20)24-21(26)16-5-8-18(23)9-6-16;3-2(4,5)1(6)7/h5-11,14-15H,12-13H2,1-4H3,(H,24,26)(H,27,28);(H,6,7). The number of benzene rings is 2. The van der Waals surface area contributed by atoms with E-state index in [1.807, 2.05) is 0 Å². The molecule has 2 rings (SSSR count). The number of aliphatic carboxylic acids is 1. The summed E-state index contributed by atoms with van der Waals surface area (Å²) in [5.74, 6) is -3.27. The normalized spacial score (nSPS) is 11.0.